The molecule has 0 saturated carbocycles. The first kappa shape index (κ1) is 19.9. The first-order valence-electron chi connectivity index (χ1n) is 9.96. The summed E-state index contributed by atoms with van der Waals surface area (Å²) in [7, 11) is 1.66. The van der Waals surface area contributed by atoms with E-state index in [2.05, 4.69) is 31.4 Å². The number of aryl methyl sites for hydroxylation is 1. The lowest BCUT2D eigenvalue weighted by atomic mass is 9.98. The second-order valence-corrected chi connectivity index (χ2v) is 7.23. The van der Waals surface area contributed by atoms with Crippen molar-refractivity contribution in [3.8, 4) is 28.5 Å². The van der Waals surface area contributed by atoms with Crippen LogP contribution in [0.4, 0.5) is 17.7 Å². The molecule has 1 aromatic carbocycles. The standard InChI is InChI=1S/C23H17N9O/c1-31-13-15(9-10-18(31)33)19-20(16-7-3-2-6-14(16)12-24)28-22(25)32-21(19)29-23(30-32)27-17-8-4-5-11-26-17/h2-11,13H,1H3,(H2,25,28)(H,26,27,30). The Balaban J connectivity index is 1.81. The lowest BCUT2D eigenvalue weighted by molar-refractivity contribution is 0.861. The SMILES string of the molecule is Cn1cc(-c2c(-c3ccccc3C#N)nc(N)n3nc(Nc4ccccn4)nc23)ccc1=O. The van der Waals surface area contributed by atoms with Gasteiger partial charge in [-0.05, 0) is 24.3 Å². The molecule has 3 N–H and O–H groups in total. The molecule has 0 unspecified atom stereocenters. The highest BCUT2D eigenvalue weighted by Gasteiger charge is 2.22. The van der Waals surface area contributed by atoms with Crippen LogP contribution in [0.1, 0.15) is 5.56 Å². The molecule has 0 aliphatic heterocycles. The number of benzene rings is 1. The number of hydrogen-bond donors (Lipinski definition) is 2. The molecule has 0 bridgehead atoms. The fraction of sp³-hybridized carbons (Fsp3) is 0.0435. The number of nitrogens with one attached hydrogen (secondary N) is 1. The molecule has 4 aromatic heterocycles. The monoisotopic (exact) mass is 435 g/mol. The zero-order valence-corrected chi connectivity index (χ0v) is 17.5. The van der Waals surface area contributed by atoms with Crippen LogP contribution in [-0.4, -0.2) is 29.1 Å². The number of nitrogen functional groups attached to an aromatic ring is 1. The maximum atomic E-state index is 12.0. The molecule has 0 aliphatic carbocycles. The van der Waals surface area contributed by atoms with E-state index in [1.807, 2.05) is 12.1 Å². The first-order valence-corrected chi connectivity index (χ1v) is 9.96. The third kappa shape index (κ3) is 3.53. The normalized spacial score (nSPS) is 10.8. The Morgan fingerprint density at radius 2 is 1.88 bits per heavy atom. The average molecular weight is 435 g/mol. The van der Waals surface area contributed by atoms with Gasteiger partial charge in [0.05, 0.1) is 22.9 Å². The van der Waals surface area contributed by atoms with E-state index in [9.17, 15) is 10.1 Å². The molecule has 0 spiro atoms. The molecule has 5 rings (SSSR count). The van der Waals surface area contributed by atoms with E-state index in [1.165, 1.54) is 15.1 Å². The van der Waals surface area contributed by atoms with Crippen LogP contribution in [0.15, 0.2) is 71.8 Å². The minimum absolute atomic E-state index is 0.0999. The van der Waals surface area contributed by atoms with Crippen LogP contribution in [0.2, 0.25) is 0 Å². The minimum Gasteiger partial charge on any atom is -0.368 e. The number of aromatic nitrogens is 6. The summed E-state index contributed by atoms with van der Waals surface area (Å²) in [6.07, 6.45) is 3.34. The number of nitriles is 1. The molecule has 10 nitrogen and oxygen atoms in total. The van der Waals surface area contributed by atoms with Crippen molar-refractivity contribution >= 4 is 23.4 Å². The van der Waals surface area contributed by atoms with Crippen LogP contribution < -0.4 is 16.6 Å². The smallest absolute Gasteiger partial charge is 0.250 e. The van der Waals surface area contributed by atoms with Crippen molar-refractivity contribution < 1.29 is 0 Å². The van der Waals surface area contributed by atoms with Crippen molar-refractivity contribution in [2.75, 3.05) is 11.1 Å². The Hall–Kier alpha value is -5.04. The average Bonchev–Trinajstić information content (AvgIpc) is 3.25. The van der Waals surface area contributed by atoms with E-state index >= 15 is 0 Å². The molecule has 10 heteroatoms. The summed E-state index contributed by atoms with van der Waals surface area (Å²) < 4.78 is 2.88. The van der Waals surface area contributed by atoms with Crippen LogP contribution in [0.3, 0.4) is 0 Å². The number of anilines is 3. The number of rotatable bonds is 4. The predicted octanol–water partition coefficient (Wildman–Crippen LogP) is 2.75. The van der Waals surface area contributed by atoms with Gasteiger partial charge in [0.1, 0.15) is 5.82 Å². The quantitative estimate of drug-likeness (QED) is 0.439. The Labute approximate surface area is 187 Å². The third-order valence-corrected chi connectivity index (χ3v) is 5.09. The lowest BCUT2D eigenvalue weighted by Crippen LogP contribution is -2.14. The largest absolute Gasteiger partial charge is 0.368 e. The van der Waals surface area contributed by atoms with Crippen molar-refractivity contribution in [3.63, 3.8) is 0 Å². The summed E-state index contributed by atoms with van der Waals surface area (Å²) in [4.78, 5) is 25.5. The molecule has 0 aliphatic rings. The molecule has 33 heavy (non-hydrogen) atoms. The van der Waals surface area contributed by atoms with E-state index in [4.69, 9.17) is 5.73 Å². The van der Waals surface area contributed by atoms with Crippen molar-refractivity contribution in [3.05, 3.63) is 82.9 Å². The van der Waals surface area contributed by atoms with Crippen LogP contribution in [0, 0.1) is 11.3 Å². The number of nitrogens with zero attached hydrogens (tertiary/aromatic N) is 7. The van der Waals surface area contributed by atoms with E-state index in [0.717, 1.165) is 0 Å². The zero-order valence-electron chi connectivity index (χ0n) is 17.5. The summed E-state index contributed by atoms with van der Waals surface area (Å²) in [5.41, 5.74) is 9.29. The summed E-state index contributed by atoms with van der Waals surface area (Å²) in [6.45, 7) is 0. The van der Waals surface area contributed by atoms with Crippen molar-refractivity contribution in [2.24, 2.45) is 7.05 Å². The zero-order chi connectivity index (χ0) is 22.9. The van der Waals surface area contributed by atoms with E-state index in [-0.39, 0.29) is 17.5 Å². The Bertz CT molecular complexity index is 1600. The maximum absolute atomic E-state index is 12.0. The van der Waals surface area contributed by atoms with Crippen LogP contribution in [0.5, 0.6) is 0 Å². The van der Waals surface area contributed by atoms with Crippen LogP contribution >= 0.6 is 0 Å². The van der Waals surface area contributed by atoms with Gasteiger partial charge >= 0.3 is 0 Å². The second kappa shape index (κ2) is 7.90. The number of pyridine rings is 2. The summed E-state index contributed by atoms with van der Waals surface area (Å²) >= 11 is 0. The van der Waals surface area contributed by atoms with E-state index in [1.54, 1.807) is 55.8 Å². The Kier molecular flexibility index (Phi) is 4.76. The van der Waals surface area contributed by atoms with Gasteiger partial charge in [0.15, 0.2) is 5.65 Å². The van der Waals surface area contributed by atoms with Crippen molar-refractivity contribution in [2.45, 2.75) is 0 Å². The van der Waals surface area contributed by atoms with Crippen molar-refractivity contribution in [1.82, 2.24) is 29.1 Å². The molecule has 4 heterocycles. The molecular formula is C23H17N9O. The van der Waals surface area contributed by atoms with Gasteiger partial charge in [-0.25, -0.2) is 9.97 Å². The topological polar surface area (TPSA) is 140 Å². The number of fused-ring (bicyclic) bond motifs is 1. The van der Waals surface area contributed by atoms with Gasteiger partial charge in [0.25, 0.3) is 0 Å². The highest BCUT2D eigenvalue weighted by atomic mass is 16.1. The van der Waals surface area contributed by atoms with Gasteiger partial charge in [-0.3, -0.25) is 4.79 Å². The van der Waals surface area contributed by atoms with Gasteiger partial charge < -0.3 is 15.6 Å². The fourth-order valence-electron chi connectivity index (χ4n) is 3.55. The van der Waals surface area contributed by atoms with Gasteiger partial charge in [-0.1, -0.05) is 24.3 Å². The van der Waals surface area contributed by atoms with E-state index < -0.39 is 0 Å². The number of nitrogens with two attached hydrogens (primary N) is 1. The maximum Gasteiger partial charge on any atom is 0.250 e. The van der Waals surface area contributed by atoms with Crippen LogP contribution in [0.25, 0.3) is 28.0 Å². The third-order valence-electron chi connectivity index (χ3n) is 5.09. The van der Waals surface area contributed by atoms with E-state index in [0.29, 0.717) is 39.4 Å². The Morgan fingerprint density at radius 1 is 1.06 bits per heavy atom. The van der Waals surface area contributed by atoms with Gasteiger partial charge in [-0.15, -0.1) is 5.10 Å². The number of hydrogen-bond acceptors (Lipinski definition) is 8. The molecule has 0 radical (unpaired) electrons. The lowest BCUT2D eigenvalue weighted by Gasteiger charge is -2.13. The van der Waals surface area contributed by atoms with Gasteiger partial charge in [0, 0.05) is 36.6 Å². The molecule has 5 aromatic rings. The molecule has 160 valence electrons. The summed E-state index contributed by atoms with van der Waals surface area (Å²) in [5.74, 6) is 0.945. The highest BCUT2D eigenvalue weighted by molar-refractivity contribution is 5.92. The predicted molar refractivity (Wildman–Crippen MR) is 124 cm³/mol. The minimum atomic E-state index is -0.156. The molecular weight excluding hydrogens is 418 g/mol. The molecule has 0 amide bonds. The van der Waals surface area contributed by atoms with Crippen LogP contribution in [-0.2, 0) is 7.05 Å². The molecule has 0 fully saturated rings. The first-order chi connectivity index (χ1) is 16.0. The van der Waals surface area contributed by atoms with Crippen molar-refractivity contribution in [1.29, 1.82) is 5.26 Å². The molecule has 0 atom stereocenters. The van der Waals surface area contributed by atoms with Gasteiger partial charge in [-0.2, -0.15) is 14.8 Å². The highest BCUT2D eigenvalue weighted by Crippen LogP contribution is 2.36. The summed E-state index contributed by atoms with van der Waals surface area (Å²) in [5, 5.41) is 17.2. The summed E-state index contributed by atoms with van der Waals surface area (Å²) in [6, 6.07) is 17.9. The van der Waals surface area contributed by atoms with Gasteiger partial charge in [0.2, 0.25) is 17.5 Å². The molecule has 0 saturated heterocycles. The second-order valence-electron chi connectivity index (χ2n) is 7.23. The fourth-order valence-corrected chi connectivity index (χ4v) is 3.55. The Morgan fingerprint density at radius 3 is 2.64 bits per heavy atom.